The van der Waals surface area contributed by atoms with Crippen LogP contribution in [0.3, 0.4) is 0 Å². The zero-order chi connectivity index (χ0) is 15.8. The summed E-state index contributed by atoms with van der Waals surface area (Å²) < 4.78 is 39.5. The Morgan fingerprint density at radius 2 is 1.85 bits per heavy atom. The number of amides is 1. The Hall–Kier alpha value is -1.31. The highest BCUT2D eigenvalue weighted by Gasteiger charge is 2.62. The molecular formula is C12H19F3N2O3. The Kier molecular flexibility index (Phi) is 4.38. The third-order valence-electron chi connectivity index (χ3n) is 3.52. The number of carbonyl (C=O) groups excluding carboxylic acids is 1. The number of hydrogen-bond donors (Lipinski definition) is 3. The van der Waals surface area contributed by atoms with Crippen LogP contribution in [0.1, 0.15) is 27.2 Å². The second-order valence-corrected chi connectivity index (χ2v) is 6.12. The van der Waals surface area contributed by atoms with Crippen LogP contribution >= 0.6 is 0 Å². The van der Waals surface area contributed by atoms with E-state index in [1.165, 1.54) is 0 Å². The third-order valence-corrected chi connectivity index (χ3v) is 3.52. The smallest absolute Gasteiger partial charge is 0.404 e. The number of carbonyl (C=O) groups is 2. The average molecular weight is 296 g/mol. The van der Waals surface area contributed by atoms with Crippen molar-refractivity contribution in [1.82, 2.24) is 10.6 Å². The summed E-state index contributed by atoms with van der Waals surface area (Å²) in [5.74, 6) is -2.63. The minimum absolute atomic E-state index is 0.0696. The molecule has 3 N–H and O–H groups in total. The predicted octanol–water partition coefficient (Wildman–Crippen LogP) is 1.14. The molecule has 0 radical (unpaired) electrons. The van der Waals surface area contributed by atoms with Crippen LogP contribution < -0.4 is 10.6 Å². The molecule has 1 rings (SSSR count). The summed E-state index contributed by atoms with van der Waals surface area (Å²) in [5, 5.41) is 13.6. The maximum atomic E-state index is 13.2. The van der Waals surface area contributed by atoms with E-state index in [-0.39, 0.29) is 6.54 Å². The molecule has 0 aromatic carbocycles. The van der Waals surface area contributed by atoms with Crippen molar-refractivity contribution in [2.24, 2.45) is 10.8 Å². The SMILES string of the molecule is CC(C)(C)[C@@H](NC(=O)C1(C(F)(F)F)CCNC1)C(=O)O. The first-order valence-corrected chi connectivity index (χ1v) is 6.23. The fourth-order valence-corrected chi connectivity index (χ4v) is 2.17. The summed E-state index contributed by atoms with van der Waals surface area (Å²) in [6.07, 6.45) is -5.11. The van der Waals surface area contributed by atoms with Gasteiger partial charge in [0.05, 0.1) is 0 Å². The number of nitrogens with one attached hydrogen (secondary N) is 2. The number of aliphatic carboxylic acids is 1. The highest BCUT2D eigenvalue weighted by atomic mass is 19.4. The number of carboxylic acids is 1. The molecule has 20 heavy (non-hydrogen) atoms. The minimum Gasteiger partial charge on any atom is -0.480 e. The first kappa shape index (κ1) is 16.7. The monoisotopic (exact) mass is 296 g/mol. The largest absolute Gasteiger partial charge is 0.480 e. The van der Waals surface area contributed by atoms with Crippen molar-refractivity contribution in [3.05, 3.63) is 0 Å². The fourth-order valence-electron chi connectivity index (χ4n) is 2.17. The lowest BCUT2D eigenvalue weighted by molar-refractivity contribution is -0.217. The van der Waals surface area contributed by atoms with Crippen LogP contribution in [0.5, 0.6) is 0 Å². The molecule has 5 nitrogen and oxygen atoms in total. The summed E-state index contributed by atoms with van der Waals surface area (Å²) in [6, 6.07) is -1.38. The minimum atomic E-state index is -4.72. The highest BCUT2D eigenvalue weighted by Crippen LogP contribution is 2.43. The molecular weight excluding hydrogens is 277 g/mol. The van der Waals surface area contributed by atoms with Crippen LogP contribution in [0.15, 0.2) is 0 Å². The molecule has 0 spiro atoms. The van der Waals surface area contributed by atoms with Crippen molar-refractivity contribution in [3.63, 3.8) is 0 Å². The first-order chi connectivity index (χ1) is 8.92. The van der Waals surface area contributed by atoms with Crippen molar-refractivity contribution in [2.75, 3.05) is 13.1 Å². The number of halogens is 3. The Morgan fingerprint density at radius 1 is 1.30 bits per heavy atom. The summed E-state index contributed by atoms with van der Waals surface area (Å²) in [7, 11) is 0. The molecule has 8 heteroatoms. The van der Waals surface area contributed by atoms with E-state index in [0.717, 1.165) is 0 Å². The lowest BCUT2D eigenvalue weighted by Gasteiger charge is -2.34. The van der Waals surface area contributed by atoms with Crippen LogP contribution in [0.25, 0.3) is 0 Å². The van der Waals surface area contributed by atoms with Crippen molar-refractivity contribution in [3.8, 4) is 0 Å². The topological polar surface area (TPSA) is 78.4 Å². The quantitative estimate of drug-likeness (QED) is 0.730. The van der Waals surface area contributed by atoms with Gasteiger partial charge in [0.2, 0.25) is 5.91 Å². The van der Waals surface area contributed by atoms with E-state index in [9.17, 15) is 22.8 Å². The normalized spacial score (nSPS) is 25.3. The summed E-state index contributed by atoms with van der Waals surface area (Å²) >= 11 is 0. The number of alkyl halides is 3. The molecule has 0 bridgehead atoms. The molecule has 1 aliphatic rings. The standard InChI is InChI=1S/C12H19F3N2O3/c1-10(2,3)7(8(18)19)17-9(20)11(12(13,14)15)4-5-16-6-11/h7,16H,4-6H2,1-3H3,(H,17,20)(H,18,19)/t7-,11?/m0/s1. The van der Waals surface area contributed by atoms with Gasteiger partial charge in [-0.2, -0.15) is 13.2 Å². The van der Waals surface area contributed by atoms with Gasteiger partial charge >= 0.3 is 12.1 Å². The Labute approximate surface area is 114 Å². The molecule has 0 saturated carbocycles. The van der Waals surface area contributed by atoms with Gasteiger partial charge in [-0.3, -0.25) is 4.79 Å². The van der Waals surface area contributed by atoms with Crippen molar-refractivity contribution >= 4 is 11.9 Å². The molecule has 1 amide bonds. The first-order valence-electron chi connectivity index (χ1n) is 6.23. The van der Waals surface area contributed by atoms with Gasteiger partial charge in [-0.05, 0) is 18.4 Å². The summed E-state index contributed by atoms with van der Waals surface area (Å²) in [4.78, 5) is 23.2. The van der Waals surface area contributed by atoms with Crippen LogP contribution in [0.2, 0.25) is 0 Å². The van der Waals surface area contributed by atoms with E-state index in [1.54, 1.807) is 20.8 Å². The summed E-state index contributed by atoms with van der Waals surface area (Å²) in [6.45, 7) is 4.16. The van der Waals surface area contributed by atoms with E-state index < -0.39 is 47.9 Å². The van der Waals surface area contributed by atoms with Gasteiger partial charge < -0.3 is 15.7 Å². The van der Waals surface area contributed by atoms with Gasteiger partial charge in [0.15, 0.2) is 5.41 Å². The van der Waals surface area contributed by atoms with Crippen LogP contribution in [-0.4, -0.2) is 42.3 Å². The fraction of sp³-hybridized carbons (Fsp3) is 0.833. The van der Waals surface area contributed by atoms with Gasteiger partial charge in [-0.1, -0.05) is 20.8 Å². The molecule has 0 aromatic rings. The maximum absolute atomic E-state index is 13.2. The van der Waals surface area contributed by atoms with Gasteiger partial charge in [-0.15, -0.1) is 0 Å². The van der Waals surface area contributed by atoms with Crippen molar-refractivity contribution < 1.29 is 27.9 Å². The molecule has 1 fully saturated rings. The van der Waals surface area contributed by atoms with Crippen LogP contribution in [-0.2, 0) is 9.59 Å². The molecule has 0 aliphatic carbocycles. The number of hydrogen-bond acceptors (Lipinski definition) is 3. The predicted molar refractivity (Wildman–Crippen MR) is 65.0 cm³/mol. The summed E-state index contributed by atoms with van der Waals surface area (Å²) in [5.41, 5.74) is -3.44. The lowest BCUT2D eigenvalue weighted by Crippen LogP contribution is -2.58. The second-order valence-electron chi connectivity index (χ2n) is 6.12. The Balaban J connectivity index is 3.01. The van der Waals surface area contributed by atoms with Crippen molar-refractivity contribution in [1.29, 1.82) is 0 Å². The van der Waals surface area contributed by atoms with Gasteiger partial charge in [0, 0.05) is 6.54 Å². The van der Waals surface area contributed by atoms with Gasteiger partial charge in [0.25, 0.3) is 0 Å². The van der Waals surface area contributed by atoms with E-state index in [0.29, 0.717) is 0 Å². The number of rotatable bonds is 3. The third kappa shape index (κ3) is 3.05. The van der Waals surface area contributed by atoms with E-state index in [4.69, 9.17) is 5.11 Å². The van der Waals surface area contributed by atoms with E-state index in [1.807, 2.05) is 5.32 Å². The molecule has 116 valence electrons. The average Bonchev–Trinajstić information content (AvgIpc) is 2.72. The highest BCUT2D eigenvalue weighted by molar-refractivity contribution is 5.89. The molecule has 1 unspecified atom stereocenters. The molecule has 0 aromatic heterocycles. The van der Waals surface area contributed by atoms with Gasteiger partial charge in [-0.25, -0.2) is 4.79 Å². The second kappa shape index (κ2) is 5.23. The molecule has 1 saturated heterocycles. The molecule has 1 heterocycles. The van der Waals surface area contributed by atoms with E-state index >= 15 is 0 Å². The molecule has 1 aliphatic heterocycles. The van der Waals surface area contributed by atoms with Crippen molar-refractivity contribution in [2.45, 2.75) is 39.4 Å². The maximum Gasteiger partial charge on any atom is 0.404 e. The Bertz CT molecular complexity index is 396. The lowest BCUT2D eigenvalue weighted by atomic mass is 9.82. The van der Waals surface area contributed by atoms with Crippen LogP contribution in [0.4, 0.5) is 13.2 Å². The van der Waals surface area contributed by atoms with E-state index in [2.05, 4.69) is 5.32 Å². The van der Waals surface area contributed by atoms with Gasteiger partial charge in [0.1, 0.15) is 6.04 Å². The van der Waals surface area contributed by atoms with Crippen LogP contribution in [0, 0.1) is 10.8 Å². The zero-order valence-corrected chi connectivity index (χ0v) is 11.6. The number of carboxylic acid groups (broad SMARTS) is 1. The Morgan fingerprint density at radius 3 is 2.15 bits per heavy atom. The zero-order valence-electron chi connectivity index (χ0n) is 11.6. The molecule has 2 atom stereocenters.